The van der Waals surface area contributed by atoms with Crippen LogP contribution in [0.5, 0.6) is 34.5 Å². The average molecular weight is 443 g/mol. The lowest BCUT2D eigenvalue weighted by Crippen LogP contribution is -2.27. The summed E-state index contributed by atoms with van der Waals surface area (Å²) in [6.45, 7) is 0. The van der Waals surface area contributed by atoms with E-state index >= 15 is 0 Å². The second kappa shape index (κ2) is 10.3. The monoisotopic (exact) mass is 443 g/mol. The molecule has 3 aromatic carbocycles. The Kier molecular flexibility index (Phi) is 7.48. The maximum absolute atomic E-state index is 5.80. The standard InChI is InChI=1S/C24H27O6P/c1-25-16-10-7-11-17(26-2)22(16)31(23-18(27-3)12-8-13-19(23)28-4)24-20(29-5)14-9-15-21(24)30-6/h7-15H,1-6H3/p+1. The highest BCUT2D eigenvalue weighted by atomic mass is 31.1. The summed E-state index contributed by atoms with van der Waals surface area (Å²) in [5.41, 5.74) is 0. The first kappa shape index (κ1) is 22.6. The van der Waals surface area contributed by atoms with Crippen LogP contribution in [0.4, 0.5) is 0 Å². The number of hydrogen-bond acceptors (Lipinski definition) is 5. The molecule has 0 aliphatic rings. The number of aliphatic hydroxyl groups is 1. The predicted molar refractivity (Wildman–Crippen MR) is 125 cm³/mol. The van der Waals surface area contributed by atoms with Gasteiger partial charge in [-0.05, 0) is 36.4 Å². The summed E-state index contributed by atoms with van der Waals surface area (Å²) in [7, 11) is 8.71. The summed E-state index contributed by atoms with van der Waals surface area (Å²) in [4.78, 5) is 0. The van der Waals surface area contributed by atoms with Crippen molar-refractivity contribution in [3.63, 3.8) is 0 Å². The maximum atomic E-state index is 5.80. The molecular formula is C24H28O6P+. The molecule has 0 spiro atoms. The van der Waals surface area contributed by atoms with Crippen LogP contribution in [0.25, 0.3) is 0 Å². The molecule has 6 nitrogen and oxygen atoms in total. The van der Waals surface area contributed by atoms with Crippen LogP contribution in [-0.2, 0) is 0 Å². The van der Waals surface area contributed by atoms with E-state index in [9.17, 15) is 0 Å². The van der Waals surface area contributed by atoms with E-state index in [1.807, 2.05) is 54.6 Å². The Bertz CT molecular complexity index is 838. The van der Waals surface area contributed by atoms with Gasteiger partial charge in [0.05, 0.1) is 46.2 Å². The molecule has 0 aliphatic heterocycles. The molecule has 0 saturated carbocycles. The Balaban J connectivity index is 2.52. The van der Waals surface area contributed by atoms with Crippen molar-refractivity contribution in [1.29, 1.82) is 0 Å². The first-order chi connectivity index (χ1) is 15.1. The Morgan fingerprint density at radius 1 is 0.516 bits per heavy atom. The Hall–Kier alpha value is -3.11. The fourth-order valence-electron chi connectivity index (χ4n) is 3.52. The second-order valence-corrected chi connectivity index (χ2v) is 8.42. The van der Waals surface area contributed by atoms with Crippen molar-refractivity contribution in [3.05, 3.63) is 54.6 Å². The second-order valence-electron chi connectivity index (χ2n) is 6.41. The van der Waals surface area contributed by atoms with E-state index in [0.717, 1.165) is 27.4 Å². The van der Waals surface area contributed by atoms with Crippen LogP contribution >= 0.6 is 7.92 Å². The molecule has 0 fully saturated rings. The number of hydrogen-bond donors (Lipinski definition) is 0. The highest BCUT2D eigenvalue weighted by Crippen LogP contribution is 2.49. The first-order valence-corrected chi connectivity index (χ1v) is 11.0. The normalized spacial score (nSPS) is 10.5. The van der Waals surface area contributed by atoms with Gasteiger partial charge in [-0.1, -0.05) is 12.1 Å². The molecule has 0 aromatic heterocycles. The lowest BCUT2D eigenvalue weighted by atomic mass is 10.3. The van der Waals surface area contributed by atoms with Gasteiger partial charge in [0, 0.05) is 14.0 Å². The van der Waals surface area contributed by atoms with E-state index in [-0.39, 0.29) is 0 Å². The van der Waals surface area contributed by atoms with Gasteiger partial charge < -0.3 is 28.4 Å². The summed E-state index contributed by atoms with van der Waals surface area (Å²) < 4.78 is 33.5. The minimum Gasteiger partial charge on any atom is -0.584 e. The van der Waals surface area contributed by atoms with E-state index in [4.69, 9.17) is 23.7 Å². The average Bonchev–Trinajstić information content (AvgIpc) is 2.83. The van der Waals surface area contributed by atoms with Crippen LogP contribution in [0.15, 0.2) is 54.6 Å². The van der Waals surface area contributed by atoms with Gasteiger partial charge in [0.25, 0.3) is 5.75 Å². The Morgan fingerprint density at radius 2 is 0.839 bits per heavy atom. The van der Waals surface area contributed by atoms with E-state index < -0.39 is 7.92 Å². The topological polar surface area (TPSA) is 59.0 Å². The quantitative estimate of drug-likeness (QED) is 0.375. The van der Waals surface area contributed by atoms with Gasteiger partial charge >= 0.3 is 0 Å². The Morgan fingerprint density at radius 3 is 1.16 bits per heavy atom. The molecule has 7 heteroatoms. The van der Waals surface area contributed by atoms with Crippen LogP contribution < -0.4 is 39.6 Å². The van der Waals surface area contributed by atoms with Crippen LogP contribution in [0.3, 0.4) is 0 Å². The molecule has 0 amide bonds. The van der Waals surface area contributed by atoms with Crippen LogP contribution in [0.2, 0.25) is 0 Å². The summed E-state index contributed by atoms with van der Waals surface area (Å²) in [6, 6.07) is 17.3. The van der Waals surface area contributed by atoms with Crippen molar-refractivity contribution in [3.8, 4) is 34.5 Å². The molecule has 0 bridgehead atoms. The van der Waals surface area contributed by atoms with Gasteiger partial charge in [-0.15, -0.1) is 0 Å². The summed E-state index contributed by atoms with van der Waals surface area (Å²) in [5.74, 6) is 4.33. The minimum absolute atomic E-state index is 0.700. The molecule has 0 saturated heterocycles. The molecule has 0 atom stereocenters. The lowest BCUT2D eigenvalue weighted by Gasteiger charge is -2.27. The van der Waals surface area contributed by atoms with Gasteiger partial charge in [-0.25, -0.2) is 0 Å². The van der Waals surface area contributed by atoms with Gasteiger partial charge in [0.15, 0.2) is 7.11 Å². The number of benzene rings is 3. The molecule has 3 rings (SSSR count). The predicted octanol–water partition coefficient (Wildman–Crippen LogP) is 3.36. The molecular weight excluding hydrogens is 415 g/mol. The van der Waals surface area contributed by atoms with Crippen LogP contribution in [-0.4, -0.2) is 47.4 Å². The number of aromatic hydroxyl groups is 1. The van der Waals surface area contributed by atoms with Crippen molar-refractivity contribution >= 4 is 23.8 Å². The molecule has 0 aliphatic carbocycles. The van der Waals surface area contributed by atoms with E-state index in [2.05, 4.69) is 4.74 Å². The third-order valence-electron chi connectivity index (χ3n) is 4.91. The lowest BCUT2D eigenvalue weighted by molar-refractivity contribution is 0.138. The largest absolute Gasteiger partial charge is 0.584 e. The highest BCUT2D eigenvalue weighted by molar-refractivity contribution is 7.81. The molecule has 3 aromatic rings. The van der Waals surface area contributed by atoms with Gasteiger partial charge in [0.1, 0.15) is 34.1 Å². The van der Waals surface area contributed by atoms with Crippen LogP contribution in [0, 0.1) is 0 Å². The molecule has 31 heavy (non-hydrogen) atoms. The summed E-state index contributed by atoms with van der Waals surface area (Å²) in [6.07, 6.45) is 0. The third kappa shape index (κ3) is 4.21. The molecule has 1 N–H and O–H groups in total. The van der Waals surface area contributed by atoms with Gasteiger partial charge in [-0.3, -0.25) is 0 Å². The number of methoxy groups -OCH3 is 5. The maximum Gasteiger partial charge on any atom is 0.266 e. The van der Waals surface area contributed by atoms with Crippen molar-refractivity contribution in [2.75, 3.05) is 42.7 Å². The fourth-order valence-corrected chi connectivity index (χ4v) is 6.53. The summed E-state index contributed by atoms with van der Waals surface area (Å²) >= 11 is 0. The van der Waals surface area contributed by atoms with E-state index in [1.54, 1.807) is 42.7 Å². The van der Waals surface area contributed by atoms with E-state index in [0.29, 0.717) is 23.0 Å². The van der Waals surface area contributed by atoms with E-state index in [1.165, 1.54) is 0 Å². The smallest absolute Gasteiger partial charge is 0.266 e. The minimum atomic E-state index is -1.32. The van der Waals surface area contributed by atoms with Crippen molar-refractivity contribution in [2.45, 2.75) is 0 Å². The van der Waals surface area contributed by atoms with Crippen molar-refractivity contribution in [1.82, 2.24) is 0 Å². The summed E-state index contributed by atoms with van der Waals surface area (Å²) in [5, 5.41) is 2.70. The van der Waals surface area contributed by atoms with Crippen LogP contribution in [0.1, 0.15) is 0 Å². The van der Waals surface area contributed by atoms with Gasteiger partial charge in [-0.2, -0.15) is 0 Å². The molecule has 0 unspecified atom stereocenters. The van der Waals surface area contributed by atoms with Crippen molar-refractivity contribution < 1.29 is 28.4 Å². The third-order valence-corrected chi connectivity index (χ3v) is 7.59. The zero-order chi connectivity index (χ0) is 22.4. The van der Waals surface area contributed by atoms with Crippen molar-refractivity contribution in [2.24, 2.45) is 0 Å². The number of rotatable bonds is 9. The fraction of sp³-hybridized carbons (Fsp3) is 0.250. The zero-order valence-corrected chi connectivity index (χ0v) is 19.5. The number of ether oxygens (including phenoxy) is 6. The molecule has 0 heterocycles. The highest BCUT2D eigenvalue weighted by Gasteiger charge is 2.35. The van der Waals surface area contributed by atoms with Gasteiger partial charge in [0.2, 0.25) is 0 Å². The SMILES string of the molecule is COc1cccc(OC)c1P(c1c(OC)cccc1OC)c1c(OC)cccc1[OH+]C. The molecule has 164 valence electrons. The molecule has 0 radical (unpaired) electrons. The Labute approximate surface area is 184 Å². The first-order valence-electron chi connectivity index (χ1n) is 9.64. The zero-order valence-electron chi connectivity index (χ0n) is 18.6.